The van der Waals surface area contributed by atoms with Crippen LogP contribution in [0.2, 0.25) is 0 Å². The van der Waals surface area contributed by atoms with E-state index in [1.54, 1.807) is 16.7 Å². The molecule has 18 heavy (non-hydrogen) atoms. The van der Waals surface area contributed by atoms with E-state index in [2.05, 4.69) is 12.2 Å². The quantitative estimate of drug-likeness (QED) is 0.782. The second kappa shape index (κ2) is 7.51. The zero-order valence-corrected chi connectivity index (χ0v) is 11.8. The number of amides is 2. The maximum Gasteiger partial charge on any atom is 0.317 e. The van der Waals surface area contributed by atoms with Gasteiger partial charge in [0.2, 0.25) is 0 Å². The first-order valence-corrected chi connectivity index (χ1v) is 7.69. The summed E-state index contributed by atoms with van der Waals surface area (Å²) in [5, 5.41) is 13.5. The molecule has 1 rings (SSSR count). The van der Waals surface area contributed by atoms with Gasteiger partial charge < -0.3 is 20.1 Å². The SMILES string of the molecule is CSCC[C@H](NC(=O)N1CCC(C)CC1)C(=O)[O-]. The molecular weight excluding hydrogens is 252 g/mol. The second-order valence-corrected chi connectivity index (χ2v) is 5.76. The normalized spacial score (nSPS) is 18.4. The third kappa shape index (κ3) is 4.76. The molecule has 104 valence electrons. The molecule has 1 heterocycles. The molecule has 1 aliphatic rings. The van der Waals surface area contributed by atoms with Crippen molar-refractivity contribution in [2.24, 2.45) is 5.92 Å². The van der Waals surface area contributed by atoms with Crippen LogP contribution in [0.15, 0.2) is 0 Å². The molecule has 1 saturated heterocycles. The van der Waals surface area contributed by atoms with Gasteiger partial charge in [0, 0.05) is 13.1 Å². The molecule has 6 heteroatoms. The Balaban J connectivity index is 2.42. The fourth-order valence-electron chi connectivity index (χ4n) is 1.94. The molecule has 1 aliphatic heterocycles. The van der Waals surface area contributed by atoms with Crippen molar-refractivity contribution in [3.63, 3.8) is 0 Å². The van der Waals surface area contributed by atoms with Gasteiger partial charge in [0.1, 0.15) is 0 Å². The van der Waals surface area contributed by atoms with E-state index in [9.17, 15) is 14.7 Å². The standard InChI is InChI=1S/C12H22N2O3S/c1-9-3-6-14(7-4-9)12(17)13-10(11(15)16)5-8-18-2/h9-10H,3-8H2,1-2H3,(H,13,17)(H,15,16)/p-1/t10-/m0/s1. The predicted molar refractivity (Wildman–Crippen MR) is 70.3 cm³/mol. The summed E-state index contributed by atoms with van der Waals surface area (Å²) in [6.07, 6.45) is 4.27. The number of rotatable bonds is 5. The first kappa shape index (κ1) is 15.1. The van der Waals surface area contributed by atoms with E-state index in [4.69, 9.17) is 0 Å². The van der Waals surface area contributed by atoms with Crippen LogP contribution in [0.4, 0.5) is 4.79 Å². The highest BCUT2D eigenvalue weighted by Crippen LogP contribution is 2.16. The first-order valence-electron chi connectivity index (χ1n) is 6.29. The number of urea groups is 1. The van der Waals surface area contributed by atoms with Gasteiger partial charge in [0.05, 0.1) is 12.0 Å². The molecule has 0 aromatic carbocycles. The minimum atomic E-state index is -1.21. The first-order chi connectivity index (χ1) is 8.54. The number of hydrogen-bond acceptors (Lipinski definition) is 4. The Labute approximate surface area is 112 Å². The minimum Gasteiger partial charge on any atom is -0.548 e. The minimum absolute atomic E-state index is 0.280. The van der Waals surface area contributed by atoms with Crippen LogP contribution in [0.5, 0.6) is 0 Å². The molecule has 5 nitrogen and oxygen atoms in total. The summed E-state index contributed by atoms with van der Waals surface area (Å²) in [6, 6.07) is -1.17. The van der Waals surface area contributed by atoms with Gasteiger partial charge in [-0.15, -0.1) is 0 Å². The molecule has 0 unspecified atom stereocenters. The van der Waals surface area contributed by atoms with Gasteiger partial charge in [0.15, 0.2) is 0 Å². The van der Waals surface area contributed by atoms with E-state index < -0.39 is 12.0 Å². The van der Waals surface area contributed by atoms with Crippen molar-refractivity contribution in [1.82, 2.24) is 10.2 Å². The third-order valence-corrected chi connectivity index (χ3v) is 3.91. The van der Waals surface area contributed by atoms with E-state index in [0.717, 1.165) is 12.8 Å². The number of thioether (sulfide) groups is 1. The number of aliphatic carboxylic acids is 1. The van der Waals surface area contributed by atoms with Crippen LogP contribution in [0, 0.1) is 5.92 Å². The molecule has 1 atom stereocenters. The molecule has 1 fully saturated rings. The number of carboxylic acid groups (broad SMARTS) is 1. The Morgan fingerprint density at radius 3 is 2.56 bits per heavy atom. The van der Waals surface area contributed by atoms with Gasteiger partial charge in [-0.25, -0.2) is 4.79 Å². The van der Waals surface area contributed by atoms with Crippen LogP contribution in [0.1, 0.15) is 26.2 Å². The Bertz CT molecular complexity index is 291. The monoisotopic (exact) mass is 273 g/mol. The Morgan fingerprint density at radius 1 is 1.44 bits per heavy atom. The second-order valence-electron chi connectivity index (χ2n) is 4.77. The number of piperidine rings is 1. The number of nitrogens with zero attached hydrogens (tertiary/aromatic N) is 1. The van der Waals surface area contributed by atoms with E-state index in [1.807, 2.05) is 6.26 Å². The maximum atomic E-state index is 11.9. The average molecular weight is 273 g/mol. The molecule has 2 amide bonds. The van der Waals surface area contributed by atoms with Gasteiger partial charge in [-0.3, -0.25) is 0 Å². The lowest BCUT2D eigenvalue weighted by atomic mass is 10.00. The smallest absolute Gasteiger partial charge is 0.317 e. The summed E-state index contributed by atoms with van der Waals surface area (Å²) < 4.78 is 0. The average Bonchev–Trinajstić information content (AvgIpc) is 2.34. The number of likely N-dealkylation sites (tertiary alicyclic amines) is 1. The van der Waals surface area contributed by atoms with E-state index >= 15 is 0 Å². The highest BCUT2D eigenvalue weighted by Gasteiger charge is 2.22. The topological polar surface area (TPSA) is 72.5 Å². The van der Waals surface area contributed by atoms with Crippen molar-refractivity contribution in [2.75, 3.05) is 25.1 Å². The zero-order valence-electron chi connectivity index (χ0n) is 11.0. The summed E-state index contributed by atoms with van der Waals surface area (Å²) in [5.41, 5.74) is 0. The fraction of sp³-hybridized carbons (Fsp3) is 0.833. The van der Waals surface area contributed by atoms with Gasteiger partial charge in [0.25, 0.3) is 0 Å². The van der Waals surface area contributed by atoms with Crippen LogP contribution in [0.3, 0.4) is 0 Å². The number of carbonyl (C=O) groups excluding carboxylic acids is 2. The molecule has 0 radical (unpaired) electrons. The molecule has 0 aromatic rings. The number of carbonyl (C=O) groups is 2. The molecular formula is C12H21N2O3S-. The highest BCUT2D eigenvalue weighted by atomic mass is 32.2. The summed E-state index contributed by atoms with van der Waals surface area (Å²) in [6.45, 7) is 3.57. The zero-order chi connectivity index (χ0) is 13.5. The lowest BCUT2D eigenvalue weighted by Gasteiger charge is -2.32. The van der Waals surface area contributed by atoms with Gasteiger partial charge in [-0.05, 0) is 37.2 Å². The Kier molecular flexibility index (Phi) is 6.32. The molecule has 1 N–H and O–H groups in total. The van der Waals surface area contributed by atoms with Crippen LogP contribution < -0.4 is 10.4 Å². The van der Waals surface area contributed by atoms with Gasteiger partial charge in [-0.2, -0.15) is 11.8 Å². The summed E-state index contributed by atoms with van der Waals surface area (Å²) in [5.74, 6) is 0.126. The summed E-state index contributed by atoms with van der Waals surface area (Å²) >= 11 is 1.55. The maximum absolute atomic E-state index is 11.9. The van der Waals surface area contributed by atoms with Crippen molar-refractivity contribution in [3.05, 3.63) is 0 Å². The molecule has 0 aromatic heterocycles. The van der Waals surface area contributed by atoms with E-state index in [1.165, 1.54) is 0 Å². The predicted octanol–water partition coefficient (Wildman–Crippen LogP) is 0.300. The molecule has 0 aliphatic carbocycles. The fourth-order valence-corrected chi connectivity index (χ4v) is 2.41. The van der Waals surface area contributed by atoms with Crippen LogP contribution >= 0.6 is 11.8 Å². The molecule has 0 spiro atoms. The summed E-state index contributed by atoms with van der Waals surface area (Å²) in [7, 11) is 0. The lowest BCUT2D eigenvalue weighted by Crippen LogP contribution is -2.53. The van der Waals surface area contributed by atoms with Crippen molar-refractivity contribution < 1.29 is 14.7 Å². The Morgan fingerprint density at radius 2 is 2.06 bits per heavy atom. The summed E-state index contributed by atoms with van der Waals surface area (Å²) in [4.78, 5) is 24.5. The van der Waals surface area contributed by atoms with Crippen molar-refractivity contribution in [3.8, 4) is 0 Å². The number of hydrogen-bond donors (Lipinski definition) is 1. The van der Waals surface area contributed by atoms with Crippen LogP contribution in [0.25, 0.3) is 0 Å². The molecule has 0 saturated carbocycles. The lowest BCUT2D eigenvalue weighted by molar-refractivity contribution is -0.308. The number of nitrogens with one attached hydrogen (secondary N) is 1. The van der Waals surface area contributed by atoms with Crippen molar-refractivity contribution in [1.29, 1.82) is 0 Å². The van der Waals surface area contributed by atoms with Crippen LogP contribution in [-0.2, 0) is 4.79 Å². The Hall–Kier alpha value is -0.910. The number of carboxylic acids is 1. The van der Waals surface area contributed by atoms with E-state index in [-0.39, 0.29) is 6.03 Å². The van der Waals surface area contributed by atoms with Crippen molar-refractivity contribution in [2.45, 2.75) is 32.2 Å². The van der Waals surface area contributed by atoms with Crippen LogP contribution in [-0.4, -0.2) is 48.0 Å². The van der Waals surface area contributed by atoms with Gasteiger partial charge >= 0.3 is 6.03 Å². The van der Waals surface area contributed by atoms with E-state index in [0.29, 0.717) is 31.2 Å². The highest BCUT2D eigenvalue weighted by molar-refractivity contribution is 7.98. The largest absolute Gasteiger partial charge is 0.548 e. The van der Waals surface area contributed by atoms with Gasteiger partial charge in [-0.1, -0.05) is 6.92 Å². The van der Waals surface area contributed by atoms with Crippen molar-refractivity contribution >= 4 is 23.8 Å². The molecule has 0 bridgehead atoms. The third-order valence-electron chi connectivity index (χ3n) is 3.26.